The second-order valence-electron chi connectivity index (χ2n) is 6.01. The molecule has 102 valence electrons. The van der Waals surface area contributed by atoms with Crippen molar-refractivity contribution in [3.05, 3.63) is 29.3 Å². The minimum atomic E-state index is -0.0279. The van der Waals surface area contributed by atoms with Crippen LogP contribution in [0, 0.1) is 18.3 Å². The number of nitrogen functional groups attached to an aromatic ring is 1. The highest BCUT2D eigenvalue weighted by molar-refractivity contribution is 5.99. The summed E-state index contributed by atoms with van der Waals surface area (Å²) in [4.78, 5) is 12.2. The Morgan fingerprint density at radius 2 is 2.16 bits per heavy atom. The summed E-state index contributed by atoms with van der Waals surface area (Å²) in [5.41, 5.74) is 5.43. The van der Waals surface area contributed by atoms with Crippen molar-refractivity contribution in [1.29, 1.82) is 0 Å². The van der Waals surface area contributed by atoms with Crippen molar-refractivity contribution in [1.82, 2.24) is 5.32 Å². The number of nitrogens with two attached hydrogens (primary N) is 1. The van der Waals surface area contributed by atoms with Gasteiger partial charge in [-0.3, -0.25) is 10.6 Å². The molecule has 3 rings (SSSR count). The molecule has 1 aromatic rings. The smallest absolute Gasteiger partial charge is 0.253 e. The second kappa shape index (κ2) is 4.53. The molecule has 0 radical (unpaired) electrons. The van der Waals surface area contributed by atoms with Crippen molar-refractivity contribution < 1.29 is 4.79 Å². The number of hydrogen-bond acceptors (Lipinski definition) is 3. The lowest BCUT2D eigenvalue weighted by Crippen LogP contribution is -2.32. The zero-order valence-corrected chi connectivity index (χ0v) is 11.3. The van der Waals surface area contributed by atoms with E-state index in [0.717, 1.165) is 18.0 Å². The molecule has 0 heterocycles. The highest BCUT2D eigenvalue weighted by Crippen LogP contribution is 2.60. The van der Waals surface area contributed by atoms with Crippen LogP contribution in [0.3, 0.4) is 0 Å². The lowest BCUT2D eigenvalue weighted by atomic mass is 10.0. The summed E-state index contributed by atoms with van der Waals surface area (Å²) in [6.45, 7) is 2.79. The summed E-state index contributed by atoms with van der Waals surface area (Å²) < 4.78 is 0. The topological polar surface area (TPSA) is 67.2 Å². The quantitative estimate of drug-likeness (QED) is 0.561. The third-order valence-corrected chi connectivity index (χ3v) is 4.51. The number of carbonyl (C=O) groups is 1. The van der Waals surface area contributed by atoms with E-state index in [1.807, 2.05) is 25.1 Å². The number of anilines is 1. The summed E-state index contributed by atoms with van der Waals surface area (Å²) in [5, 5.41) is 3.08. The molecule has 2 aliphatic carbocycles. The second-order valence-corrected chi connectivity index (χ2v) is 6.01. The van der Waals surface area contributed by atoms with Crippen LogP contribution in [0.2, 0.25) is 0 Å². The number of amides is 1. The molecule has 1 aromatic carbocycles. The van der Waals surface area contributed by atoms with Crippen LogP contribution >= 0.6 is 0 Å². The van der Waals surface area contributed by atoms with E-state index < -0.39 is 0 Å². The van der Waals surface area contributed by atoms with Gasteiger partial charge in [0.25, 0.3) is 5.91 Å². The fourth-order valence-corrected chi connectivity index (χ4v) is 2.91. The fourth-order valence-electron chi connectivity index (χ4n) is 2.91. The molecule has 0 unspecified atom stereocenters. The predicted molar refractivity (Wildman–Crippen MR) is 75.7 cm³/mol. The van der Waals surface area contributed by atoms with Crippen LogP contribution in [-0.4, -0.2) is 12.5 Å². The van der Waals surface area contributed by atoms with Gasteiger partial charge >= 0.3 is 0 Å². The molecular formula is C15H21N3O. The van der Waals surface area contributed by atoms with E-state index in [2.05, 4.69) is 10.7 Å². The lowest BCUT2D eigenvalue weighted by molar-refractivity contribution is 0.0943. The van der Waals surface area contributed by atoms with Crippen molar-refractivity contribution in [2.45, 2.75) is 32.6 Å². The molecule has 0 aromatic heterocycles. The Kier molecular flexibility index (Phi) is 2.97. The summed E-state index contributed by atoms with van der Waals surface area (Å²) in [6.07, 6.45) is 5.23. The van der Waals surface area contributed by atoms with Crippen molar-refractivity contribution in [2.24, 2.45) is 17.2 Å². The van der Waals surface area contributed by atoms with Gasteiger partial charge in [0.15, 0.2) is 0 Å². The number of rotatable bonds is 5. The van der Waals surface area contributed by atoms with Crippen molar-refractivity contribution in [3.63, 3.8) is 0 Å². The van der Waals surface area contributed by atoms with Crippen LogP contribution in [0.1, 0.15) is 41.6 Å². The van der Waals surface area contributed by atoms with E-state index >= 15 is 0 Å². The van der Waals surface area contributed by atoms with Gasteiger partial charge in [-0.2, -0.15) is 0 Å². The molecule has 0 atom stereocenters. The van der Waals surface area contributed by atoms with Gasteiger partial charge in [-0.05, 0) is 61.6 Å². The average molecular weight is 259 g/mol. The summed E-state index contributed by atoms with van der Waals surface area (Å²) >= 11 is 0. The molecule has 0 aliphatic heterocycles. The third kappa shape index (κ3) is 2.45. The van der Waals surface area contributed by atoms with Gasteiger partial charge in [0.2, 0.25) is 0 Å². The summed E-state index contributed by atoms with van der Waals surface area (Å²) in [6, 6.07) is 5.66. The summed E-state index contributed by atoms with van der Waals surface area (Å²) in [5.74, 6) is 6.31. The van der Waals surface area contributed by atoms with E-state index in [9.17, 15) is 4.79 Å². The van der Waals surface area contributed by atoms with Crippen molar-refractivity contribution in [3.8, 4) is 0 Å². The maximum absolute atomic E-state index is 12.2. The first-order valence-electron chi connectivity index (χ1n) is 7.00. The maximum Gasteiger partial charge on any atom is 0.253 e. The van der Waals surface area contributed by atoms with Crippen LogP contribution in [0.4, 0.5) is 5.69 Å². The Morgan fingerprint density at radius 3 is 2.74 bits per heavy atom. The van der Waals surface area contributed by atoms with Gasteiger partial charge in [0, 0.05) is 6.54 Å². The van der Waals surface area contributed by atoms with E-state index in [1.165, 1.54) is 25.7 Å². The van der Waals surface area contributed by atoms with Crippen LogP contribution in [0.25, 0.3) is 0 Å². The van der Waals surface area contributed by atoms with Gasteiger partial charge in [-0.1, -0.05) is 6.07 Å². The van der Waals surface area contributed by atoms with Gasteiger partial charge in [-0.25, -0.2) is 0 Å². The van der Waals surface area contributed by atoms with Crippen LogP contribution in [-0.2, 0) is 0 Å². The minimum Gasteiger partial charge on any atom is -0.351 e. The van der Waals surface area contributed by atoms with E-state index in [1.54, 1.807) is 0 Å². The van der Waals surface area contributed by atoms with Crippen LogP contribution in [0.5, 0.6) is 0 Å². The predicted octanol–water partition coefficient (Wildman–Crippen LogP) is 2.20. The van der Waals surface area contributed by atoms with E-state index in [4.69, 9.17) is 5.84 Å². The summed E-state index contributed by atoms with van der Waals surface area (Å²) in [7, 11) is 0. The Hall–Kier alpha value is -1.55. The van der Waals surface area contributed by atoms with E-state index in [-0.39, 0.29) is 5.91 Å². The SMILES string of the molecule is Cc1ccc(C(=O)NCC2(C3CC3)CC2)c(NN)c1. The first-order chi connectivity index (χ1) is 9.14. The molecule has 0 bridgehead atoms. The third-order valence-electron chi connectivity index (χ3n) is 4.51. The Bertz CT molecular complexity index is 504. The molecule has 4 heteroatoms. The first kappa shape index (κ1) is 12.5. The molecule has 1 amide bonds. The number of nitrogens with one attached hydrogen (secondary N) is 2. The largest absolute Gasteiger partial charge is 0.351 e. The Morgan fingerprint density at radius 1 is 1.42 bits per heavy atom. The van der Waals surface area contributed by atoms with Gasteiger partial charge in [-0.15, -0.1) is 0 Å². The number of carbonyl (C=O) groups excluding carboxylic acids is 1. The lowest BCUT2D eigenvalue weighted by Gasteiger charge is -2.16. The van der Waals surface area contributed by atoms with Gasteiger partial charge in [0.1, 0.15) is 0 Å². The van der Waals surface area contributed by atoms with Crippen molar-refractivity contribution in [2.75, 3.05) is 12.0 Å². The van der Waals surface area contributed by atoms with Crippen LogP contribution in [0.15, 0.2) is 18.2 Å². The Labute approximate surface area is 113 Å². The van der Waals surface area contributed by atoms with Crippen LogP contribution < -0.4 is 16.6 Å². The standard InChI is InChI=1S/C15H21N3O/c1-10-2-5-12(13(8-10)18-16)14(19)17-9-15(6-7-15)11-3-4-11/h2,5,8,11,18H,3-4,6-7,9,16H2,1H3,(H,17,19). The normalized spacial score (nSPS) is 19.9. The number of benzene rings is 1. The highest BCUT2D eigenvalue weighted by Gasteiger charge is 2.53. The number of hydrazine groups is 1. The Balaban J connectivity index is 1.66. The zero-order chi connectivity index (χ0) is 13.5. The first-order valence-corrected chi connectivity index (χ1v) is 7.00. The molecule has 19 heavy (non-hydrogen) atoms. The molecule has 0 spiro atoms. The molecule has 0 saturated heterocycles. The van der Waals surface area contributed by atoms with Gasteiger partial charge in [0.05, 0.1) is 11.3 Å². The fraction of sp³-hybridized carbons (Fsp3) is 0.533. The maximum atomic E-state index is 12.2. The van der Waals surface area contributed by atoms with Crippen molar-refractivity contribution >= 4 is 11.6 Å². The molecular weight excluding hydrogens is 238 g/mol. The molecule has 4 N–H and O–H groups in total. The molecule has 4 nitrogen and oxygen atoms in total. The monoisotopic (exact) mass is 259 g/mol. The minimum absolute atomic E-state index is 0.0279. The zero-order valence-electron chi connectivity index (χ0n) is 11.3. The number of hydrogen-bond donors (Lipinski definition) is 3. The molecule has 2 aliphatic rings. The molecule has 2 fully saturated rings. The molecule has 2 saturated carbocycles. The number of aryl methyl sites for hydroxylation is 1. The average Bonchev–Trinajstić information content (AvgIpc) is 3.28. The highest BCUT2D eigenvalue weighted by atomic mass is 16.1. The van der Waals surface area contributed by atoms with E-state index in [0.29, 0.717) is 16.7 Å². The van der Waals surface area contributed by atoms with Gasteiger partial charge < -0.3 is 10.7 Å².